The van der Waals surface area contributed by atoms with Gasteiger partial charge in [-0.05, 0) is 45.6 Å². The maximum atomic E-state index is 13.1. The molecule has 4 heterocycles. The maximum Gasteiger partial charge on any atom is 0.265 e. The first kappa shape index (κ1) is 21.5. The van der Waals surface area contributed by atoms with Crippen molar-refractivity contribution in [3.8, 4) is 10.7 Å². The number of rotatable bonds is 4. The van der Waals surface area contributed by atoms with Gasteiger partial charge >= 0.3 is 0 Å². The van der Waals surface area contributed by atoms with Crippen molar-refractivity contribution in [1.82, 2.24) is 18.8 Å². The minimum Gasteiger partial charge on any atom is -0.345 e. The van der Waals surface area contributed by atoms with Crippen molar-refractivity contribution in [1.29, 1.82) is 0 Å². The van der Waals surface area contributed by atoms with Crippen molar-refractivity contribution >= 4 is 27.3 Å². The van der Waals surface area contributed by atoms with Crippen LogP contribution in [0.5, 0.6) is 0 Å². The number of aryl methyl sites for hydroxylation is 1. The molecule has 2 aromatic rings. The third kappa shape index (κ3) is 3.83. The van der Waals surface area contributed by atoms with Gasteiger partial charge in [-0.1, -0.05) is 12.8 Å². The Labute approximate surface area is 182 Å². The van der Waals surface area contributed by atoms with Gasteiger partial charge in [-0.25, -0.2) is 13.4 Å². The molecule has 0 aromatic carbocycles. The summed E-state index contributed by atoms with van der Waals surface area (Å²) in [6, 6.07) is 1.72. The van der Waals surface area contributed by atoms with Crippen molar-refractivity contribution < 1.29 is 13.2 Å². The predicted octanol–water partition coefficient (Wildman–Crippen LogP) is 3.57. The highest BCUT2D eigenvalue weighted by Gasteiger charge is 2.32. The van der Waals surface area contributed by atoms with Gasteiger partial charge in [0.2, 0.25) is 10.0 Å². The van der Waals surface area contributed by atoms with Gasteiger partial charge in [0.1, 0.15) is 14.8 Å². The molecule has 2 aliphatic rings. The molecule has 0 unspecified atom stereocenters. The number of sulfonamides is 1. The molecule has 30 heavy (non-hydrogen) atoms. The fourth-order valence-corrected chi connectivity index (χ4v) is 7.20. The Bertz CT molecular complexity index is 1040. The van der Waals surface area contributed by atoms with Gasteiger partial charge in [0, 0.05) is 38.9 Å². The average molecular weight is 451 g/mol. The van der Waals surface area contributed by atoms with Gasteiger partial charge in [-0.15, -0.1) is 11.3 Å². The summed E-state index contributed by atoms with van der Waals surface area (Å²) in [6.45, 7) is 6.45. The van der Waals surface area contributed by atoms with Crippen molar-refractivity contribution in [2.24, 2.45) is 7.05 Å². The van der Waals surface area contributed by atoms with Crippen LogP contribution in [-0.2, 0) is 17.1 Å². The lowest BCUT2D eigenvalue weighted by molar-refractivity contribution is 0.0765. The van der Waals surface area contributed by atoms with Gasteiger partial charge in [0.25, 0.3) is 5.91 Å². The molecule has 2 fully saturated rings. The number of amides is 1. The second-order valence-electron chi connectivity index (χ2n) is 8.29. The topological polar surface area (TPSA) is 75.5 Å². The minimum atomic E-state index is -3.51. The normalized spacial score (nSPS) is 18.7. The van der Waals surface area contributed by atoms with E-state index in [0.29, 0.717) is 39.3 Å². The Morgan fingerprint density at radius 2 is 1.60 bits per heavy atom. The number of nitrogens with zero attached hydrogens (tertiary/aromatic N) is 4. The molecule has 0 saturated carbocycles. The summed E-state index contributed by atoms with van der Waals surface area (Å²) in [4.78, 5) is 20.7. The van der Waals surface area contributed by atoms with Crippen LogP contribution < -0.4 is 0 Å². The monoisotopic (exact) mass is 450 g/mol. The summed E-state index contributed by atoms with van der Waals surface area (Å²) in [5, 5.41) is 0.694. The predicted molar refractivity (Wildman–Crippen MR) is 118 cm³/mol. The van der Waals surface area contributed by atoms with E-state index in [1.807, 2.05) is 30.4 Å². The lowest BCUT2D eigenvalue weighted by Crippen LogP contribution is -2.31. The zero-order valence-electron chi connectivity index (χ0n) is 18.0. The van der Waals surface area contributed by atoms with E-state index in [1.165, 1.54) is 24.2 Å². The highest BCUT2D eigenvalue weighted by molar-refractivity contribution is 7.89. The van der Waals surface area contributed by atoms with E-state index in [-0.39, 0.29) is 5.91 Å². The molecule has 0 spiro atoms. The van der Waals surface area contributed by atoms with E-state index in [9.17, 15) is 13.2 Å². The van der Waals surface area contributed by atoms with Crippen LogP contribution in [0.3, 0.4) is 0 Å². The van der Waals surface area contributed by atoms with Crippen LogP contribution in [0.15, 0.2) is 11.0 Å². The summed E-state index contributed by atoms with van der Waals surface area (Å²) >= 11 is 1.37. The molecule has 4 rings (SSSR count). The van der Waals surface area contributed by atoms with Crippen LogP contribution in [0, 0.1) is 13.8 Å². The molecule has 2 aromatic heterocycles. The number of carbonyl (C=O) groups excluding carboxylic acids is 1. The fraction of sp³-hybridized carbons (Fsp3) is 0.619. The number of hydrogen-bond acceptors (Lipinski definition) is 5. The molecule has 2 aliphatic heterocycles. The molecule has 2 saturated heterocycles. The Hall–Kier alpha value is -1.71. The van der Waals surface area contributed by atoms with Crippen molar-refractivity contribution in [2.75, 3.05) is 26.2 Å². The van der Waals surface area contributed by atoms with Crippen LogP contribution >= 0.6 is 11.3 Å². The van der Waals surface area contributed by atoms with Gasteiger partial charge in [0.05, 0.1) is 11.4 Å². The number of carbonyl (C=O) groups is 1. The van der Waals surface area contributed by atoms with Crippen LogP contribution in [0.4, 0.5) is 0 Å². The van der Waals surface area contributed by atoms with Crippen molar-refractivity contribution in [3.63, 3.8) is 0 Å². The molecule has 0 N–H and O–H groups in total. The average Bonchev–Trinajstić information content (AvgIpc) is 3.38. The zero-order valence-corrected chi connectivity index (χ0v) is 19.6. The Morgan fingerprint density at radius 3 is 2.23 bits per heavy atom. The van der Waals surface area contributed by atoms with Crippen LogP contribution in [0.2, 0.25) is 0 Å². The first-order valence-electron chi connectivity index (χ1n) is 10.7. The number of likely N-dealkylation sites (tertiary alicyclic amines) is 1. The first-order valence-corrected chi connectivity index (χ1v) is 13.0. The second kappa shape index (κ2) is 8.43. The standard InChI is InChI=1S/C21H30N4O3S2/c1-15-19(21(26)24-10-6-4-5-7-11-24)29-20(22-15)17-14-18(16(2)23(17)3)30(27,28)25-12-8-9-13-25/h14H,4-13H2,1-3H3. The summed E-state index contributed by atoms with van der Waals surface area (Å²) < 4.78 is 29.7. The number of thiazole rings is 1. The van der Waals surface area contributed by atoms with Gasteiger partial charge in [-0.2, -0.15) is 4.31 Å². The zero-order chi connectivity index (χ0) is 21.5. The van der Waals surface area contributed by atoms with E-state index >= 15 is 0 Å². The maximum absolute atomic E-state index is 13.1. The van der Waals surface area contributed by atoms with Crippen LogP contribution in [-0.4, -0.2) is 59.3 Å². The van der Waals surface area contributed by atoms with Gasteiger partial charge in [-0.3, -0.25) is 4.79 Å². The Kier molecular flexibility index (Phi) is 6.05. The largest absolute Gasteiger partial charge is 0.345 e. The lowest BCUT2D eigenvalue weighted by Gasteiger charge is -2.19. The smallest absolute Gasteiger partial charge is 0.265 e. The highest BCUT2D eigenvalue weighted by Crippen LogP contribution is 2.34. The third-order valence-corrected chi connectivity index (χ3v) is 9.46. The van der Waals surface area contributed by atoms with E-state index in [1.54, 1.807) is 10.4 Å². The summed E-state index contributed by atoms with van der Waals surface area (Å²) in [6.07, 6.45) is 6.26. The van der Waals surface area contributed by atoms with E-state index < -0.39 is 10.0 Å². The molecular weight excluding hydrogens is 420 g/mol. The molecule has 164 valence electrons. The molecule has 0 radical (unpaired) electrons. The van der Waals surface area contributed by atoms with Crippen molar-refractivity contribution in [3.05, 3.63) is 22.3 Å². The van der Waals surface area contributed by atoms with Gasteiger partial charge < -0.3 is 9.47 Å². The molecular formula is C21H30N4O3S2. The van der Waals surface area contributed by atoms with Crippen molar-refractivity contribution in [2.45, 2.75) is 57.3 Å². The van der Waals surface area contributed by atoms with E-state index in [4.69, 9.17) is 0 Å². The molecule has 9 heteroatoms. The Morgan fingerprint density at radius 1 is 1.00 bits per heavy atom. The molecule has 0 bridgehead atoms. The second-order valence-corrected chi connectivity index (χ2v) is 11.2. The molecule has 0 atom stereocenters. The minimum absolute atomic E-state index is 0.0500. The molecule has 7 nitrogen and oxygen atoms in total. The number of hydrogen-bond donors (Lipinski definition) is 0. The summed E-state index contributed by atoms with van der Waals surface area (Å²) in [5.74, 6) is 0.0500. The quantitative estimate of drug-likeness (QED) is 0.714. The van der Waals surface area contributed by atoms with E-state index in [0.717, 1.165) is 44.5 Å². The van der Waals surface area contributed by atoms with Crippen LogP contribution in [0.1, 0.15) is 59.6 Å². The lowest BCUT2D eigenvalue weighted by atomic mass is 10.2. The third-order valence-electron chi connectivity index (χ3n) is 6.27. The first-order chi connectivity index (χ1) is 14.3. The fourth-order valence-electron chi connectivity index (χ4n) is 4.33. The number of aromatic nitrogens is 2. The summed E-state index contributed by atoms with van der Waals surface area (Å²) in [5.41, 5.74) is 2.16. The molecule has 0 aliphatic carbocycles. The van der Waals surface area contributed by atoms with E-state index in [2.05, 4.69) is 4.98 Å². The van der Waals surface area contributed by atoms with Gasteiger partial charge in [0.15, 0.2) is 0 Å². The Balaban J connectivity index is 1.67. The van der Waals surface area contributed by atoms with Crippen LogP contribution in [0.25, 0.3) is 10.7 Å². The SMILES string of the molecule is Cc1nc(-c2cc(S(=O)(=O)N3CCCC3)c(C)n2C)sc1C(=O)N1CCCCCC1. The summed E-state index contributed by atoms with van der Waals surface area (Å²) in [7, 11) is -1.64. The molecule has 1 amide bonds. The highest BCUT2D eigenvalue weighted by atomic mass is 32.2.